The maximum Gasteiger partial charge on any atom is 0.364 e. The van der Waals surface area contributed by atoms with Crippen molar-refractivity contribution in [2.24, 2.45) is 0 Å². The molecule has 18 unspecified atom stereocenters. The molecule has 2 amide bonds. The van der Waals surface area contributed by atoms with Gasteiger partial charge in [0.25, 0.3) is 5.79 Å². The van der Waals surface area contributed by atoms with Crippen LogP contribution in [0.2, 0.25) is 0 Å². The van der Waals surface area contributed by atoms with Crippen LogP contribution in [0.1, 0.15) is 323 Å². The Hall–Kier alpha value is -2.53. The Labute approximate surface area is 601 Å². The van der Waals surface area contributed by atoms with Crippen LogP contribution in [0.4, 0.5) is 0 Å². The van der Waals surface area contributed by atoms with Crippen molar-refractivity contribution in [1.82, 2.24) is 10.6 Å². The molecular formula is C77H144N2O21. The number of amides is 2. The third-order valence-electron chi connectivity index (χ3n) is 20.5. The molecule has 23 heteroatoms. The molecule has 0 aromatic carbocycles. The third-order valence-corrected chi connectivity index (χ3v) is 20.5. The summed E-state index contributed by atoms with van der Waals surface area (Å²) in [6.07, 6.45) is 31.2. The number of hydrogen-bond donors (Lipinski definition) is 14. The monoisotopic (exact) mass is 1430 g/mol. The van der Waals surface area contributed by atoms with Crippen molar-refractivity contribution in [2.75, 3.05) is 26.4 Å². The van der Waals surface area contributed by atoms with Gasteiger partial charge in [-0.1, -0.05) is 276 Å². The molecule has 23 nitrogen and oxygen atoms in total. The van der Waals surface area contributed by atoms with E-state index in [1.54, 1.807) is 0 Å². The molecule has 3 rings (SSSR count). The highest BCUT2D eigenvalue weighted by Gasteiger charge is 2.60. The highest BCUT2D eigenvalue weighted by Crippen LogP contribution is 2.39. The van der Waals surface area contributed by atoms with Gasteiger partial charge in [-0.15, -0.1) is 0 Å². The molecule has 0 bridgehead atoms. The van der Waals surface area contributed by atoms with E-state index in [0.717, 1.165) is 58.3 Å². The number of rotatable bonds is 63. The van der Waals surface area contributed by atoms with E-state index < -0.39 is 148 Å². The molecule has 3 heterocycles. The first kappa shape index (κ1) is 91.7. The van der Waals surface area contributed by atoms with Gasteiger partial charge in [0.2, 0.25) is 11.8 Å². The van der Waals surface area contributed by atoms with Crippen LogP contribution in [-0.2, 0) is 42.8 Å². The van der Waals surface area contributed by atoms with Crippen LogP contribution < -0.4 is 10.6 Å². The Kier molecular flexibility index (Phi) is 52.0. The van der Waals surface area contributed by atoms with Crippen LogP contribution in [0.15, 0.2) is 12.2 Å². The number of aliphatic hydroxyl groups is 11. The smallest absolute Gasteiger partial charge is 0.364 e. The first-order valence-corrected chi connectivity index (χ1v) is 40.0. The molecule has 0 aromatic rings. The molecule has 14 N–H and O–H groups in total. The number of nitrogens with one attached hydrogen (secondary N) is 2. The van der Waals surface area contributed by atoms with Gasteiger partial charge >= 0.3 is 5.97 Å². The zero-order valence-corrected chi connectivity index (χ0v) is 62.1. The number of carboxylic acid groups (broad SMARTS) is 1. The van der Waals surface area contributed by atoms with Crippen LogP contribution in [0.5, 0.6) is 0 Å². The predicted molar refractivity (Wildman–Crippen MR) is 385 cm³/mol. The molecule has 0 spiro atoms. The largest absolute Gasteiger partial charge is 0.477 e. The minimum Gasteiger partial charge on any atom is -0.477 e. The summed E-state index contributed by atoms with van der Waals surface area (Å²) in [6, 6.07) is -2.53. The molecule has 588 valence electrons. The van der Waals surface area contributed by atoms with Crippen LogP contribution in [-0.4, -0.2) is 215 Å². The Morgan fingerprint density at radius 3 is 1.35 bits per heavy atom. The molecule has 3 aliphatic heterocycles. The number of hydrogen-bond acceptors (Lipinski definition) is 20. The van der Waals surface area contributed by atoms with Crippen molar-refractivity contribution in [3.63, 3.8) is 0 Å². The lowest BCUT2D eigenvalue weighted by molar-refractivity contribution is -0.386. The van der Waals surface area contributed by atoms with Gasteiger partial charge in [-0.3, -0.25) is 9.59 Å². The van der Waals surface area contributed by atoms with Crippen molar-refractivity contribution >= 4 is 17.8 Å². The van der Waals surface area contributed by atoms with Gasteiger partial charge in [0, 0.05) is 19.8 Å². The van der Waals surface area contributed by atoms with Crippen molar-refractivity contribution in [3.8, 4) is 0 Å². The number of aliphatic hydroxyl groups excluding tert-OH is 11. The summed E-state index contributed by atoms with van der Waals surface area (Å²) < 4.78 is 34.9. The Morgan fingerprint density at radius 2 is 0.930 bits per heavy atom. The van der Waals surface area contributed by atoms with E-state index in [1.807, 2.05) is 0 Å². The average Bonchev–Trinajstić information content (AvgIpc) is 0.756. The Morgan fingerprint density at radius 1 is 0.510 bits per heavy atom. The number of carboxylic acids is 1. The van der Waals surface area contributed by atoms with E-state index >= 15 is 0 Å². The molecule has 3 saturated heterocycles. The lowest BCUT2D eigenvalue weighted by Crippen LogP contribution is -2.70. The lowest BCUT2D eigenvalue weighted by Gasteiger charge is -2.50. The van der Waals surface area contributed by atoms with E-state index in [9.17, 15) is 75.7 Å². The summed E-state index contributed by atoms with van der Waals surface area (Å²) in [6.45, 7) is 2.22. The van der Waals surface area contributed by atoms with Crippen molar-refractivity contribution in [2.45, 2.75) is 432 Å². The summed E-state index contributed by atoms with van der Waals surface area (Å²) in [5.41, 5.74) is 0. The van der Waals surface area contributed by atoms with E-state index in [0.29, 0.717) is 19.3 Å². The number of carbonyl (C=O) groups is 3. The topological polar surface area (TPSA) is 373 Å². The van der Waals surface area contributed by atoms with Gasteiger partial charge in [0.1, 0.15) is 67.1 Å². The third kappa shape index (κ3) is 37.1. The van der Waals surface area contributed by atoms with Crippen molar-refractivity contribution in [3.05, 3.63) is 12.2 Å². The highest BCUT2D eigenvalue weighted by molar-refractivity contribution is 5.77. The fourth-order valence-electron chi connectivity index (χ4n) is 14.1. The fourth-order valence-corrected chi connectivity index (χ4v) is 14.1. The van der Waals surface area contributed by atoms with Crippen molar-refractivity contribution in [1.29, 1.82) is 0 Å². The zero-order valence-electron chi connectivity index (χ0n) is 62.1. The van der Waals surface area contributed by atoms with Gasteiger partial charge in [-0.25, -0.2) is 4.79 Å². The second-order valence-corrected chi connectivity index (χ2v) is 29.3. The normalized spacial score (nSPS) is 27.0. The van der Waals surface area contributed by atoms with Gasteiger partial charge in [-0.2, -0.15) is 0 Å². The second-order valence-electron chi connectivity index (χ2n) is 29.3. The van der Waals surface area contributed by atoms with Gasteiger partial charge in [-0.05, 0) is 38.5 Å². The van der Waals surface area contributed by atoms with Crippen molar-refractivity contribution < 1.29 is 104 Å². The number of aliphatic carboxylic acids is 1. The predicted octanol–water partition coefficient (Wildman–Crippen LogP) is 10.2. The summed E-state index contributed by atoms with van der Waals surface area (Å²) >= 11 is 0. The maximum absolute atomic E-state index is 13.5. The van der Waals surface area contributed by atoms with Crippen LogP contribution in [0.3, 0.4) is 0 Å². The minimum atomic E-state index is -3.08. The van der Waals surface area contributed by atoms with Gasteiger partial charge in [0.15, 0.2) is 12.6 Å². The van der Waals surface area contributed by atoms with Crippen LogP contribution in [0.25, 0.3) is 0 Å². The van der Waals surface area contributed by atoms with Gasteiger partial charge in [0.05, 0.1) is 50.7 Å². The van der Waals surface area contributed by atoms with E-state index in [1.165, 1.54) is 218 Å². The van der Waals surface area contributed by atoms with E-state index in [2.05, 4.69) is 36.6 Å². The number of ether oxygens (including phenoxy) is 6. The molecule has 0 saturated carbocycles. The Bertz CT molecular complexity index is 2050. The summed E-state index contributed by atoms with van der Waals surface area (Å²) in [5.74, 6) is -6.09. The van der Waals surface area contributed by atoms with E-state index in [4.69, 9.17) is 28.4 Å². The fraction of sp³-hybridized carbons (Fsp3) is 0.935. The molecular weight excluding hydrogens is 1290 g/mol. The standard InChI is InChI=1S/C77H144N2O21/c1-4-6-8-10-12-14-16-17-18-19-20-21-22-23-24-25-26-27-28-29-30-31-32-33-34-35-36-37-38-39-41-43-45-47-49-51-64(87)79-58(59(84)50-48-46-44-42-40-15-13-11-9-7-5-2)56-95-74-69(91)68(90)71(63(55-82)97-74)98-75-70(92)73(67(89)62(54-81)96-75)100-77(76(93)94)52-60(85)65(78-57(3)83)72(99-77)66(88)61(86)53-80/h25-26,58-63,65-75,80-82,84-86,88-92H,4-24,27-56H2,1-3H3,(H,78,83)(H,79,87)(H,93,94)/b26-25-. The molecule has 0 aliphatic carbocycles. The lowest BCUT2D eigenvalue weighted by atomic mass is 9.88. The van der Waals surface area contributed by atoms with Crippen LogP contribution >= 0.6 is 0 Å². The minimum absolute atomic E-state index is 0.227. The second kappa shape index (κ2) is 56.8. The molecule has 0 aromatic heterocycles. The quantitative estimate of drug-likeness (QED) is 0.0199. The first-order valence-electron chi connectivity index (χ1n) is 40.0. The highest BCUT2D eigenvalue weighted by atomic mass is 16.8. The Balaban J connectivity index is 1.41. The van der Waals surface area contributed by atoms with E-state index in [-0.39, 0.29) is 18.9 Å². The number of allylic oxidation sites excluding steroid dienone is 2. The first-order chi connectivity index (χ1) is 48.4. The molecule has 3 fully saturated rings. The molecule has 3 aliphatic rings. The number of carbonyl (C=O) groups excluding carboxylic acids is 2. The zero-order chi connectivity index (χ0) is 73.2. The molecule has 18 atom stereocenters. The SMILES string of the molecule is CCCCCCCCCCCCCCCC/C=C\CCCCCCCCCCCCCCCCCCCC(=O)NC(COC1OC(CO)C(OC2OC(CO)C(O)C(OC3(C(=O)O)CC(O)C(NC(C)=O)C(C(O)C(O)CO)O3)C2O)C(O)C1O)C(O)CCCCCCCCCCCCC. The summed E-state index contributed by atoms with van der Waals surface area (Å²) in [7, 11) is 0. The number of unbranched alkanes of at least 4 members (excludes halogenated alkanes) is 41. The molecule has 100 heavy (non-hydrogen) atoms. The summed E-state index contributed by atoms with van der Waals surface area (Å²) in [4.78, 5) is 38.6. The average molecular weight is 1430 g/mol. The van der Waals surface area contributed by atoms with Crippen LogP contribution in [0, 0.1) is 0 Å². The summed E-state index contributed by atoms with van der Waals surface area (Å²) in [5, 5.41) is 136. The van der Waals surface area contributed by atoms with Gasteiger partial charge < -0.3 is 100 Å². The maximum atomic E-state index is 13.5. The molecule has 0 radical (unpaired) electrons.